The number of carboxylic acid groups (broad SMARTS) is 1. The Hall–Kier alpha value is -4.28. The largest absolute Gasteiger partial charge is 0.465 e. The molecule has 0 unspecified atom stereocenters. The first kappa shape index (κ1) is 28.8. The minimum Gasteiger partial charge on any atom is -0.465 e. The lowest BCUT2D eigenvalue weighted by molar-refractivity contribution is 0.0941. The summed E-state index contributed by atoms with van der Waals surface area (Å²) in [7, 11) is 0. The SMILES string of the molecule is C[C@@H](NC(=O)c1cc(N2CCOCC2)nc2ccsc12)c1ccc(C(=C2CCN(C(=O)O)CC2)c2ccc(F)cc2)cc1. The number of rotatable bonds is 6. The van der Waals surface area contributed by atoms with Gasteiger partial charge in [0.2, 0.25) is 0 Å². The third kappa shape index (κ3) is 6.25. The summed E-state index contributed by atoms with van der Waals surface area (Å²) >= 11 is 1.51. The molecule has 2 amide bonds. The topological polar surface area (TPSA) is 95.0 Å². The lowest BCUT2D eigenvalue weighted by Crippen LogP contribution is -2.37. The fourth-order valence-corrected chi connectivity index (χ4v) is 6.62. The highest BCUT2D eigenvalue weighted by molar-refractivity contribution is 7.17. The van der Waals surface area contributed by atoms with E-state index in [2.05, 4.69) is 10.2 Å². The van der Waals surface area contributed by atoms with Crippen LogP contribution in [-0.2, 0) is 4.74 Å². The second-order valence-electron chi connectivity index (χ2n) is 10.8. The molecule has 2 saturated heterocycles. The number of nitrogens with one attached hydrogen (secondary N) is 1. The molecule has 222 valence electrons. The number of pyridine rings is 1. The number of carbonyl (C=O) groups is 2. The molecular weight excluding hydrogens is 567 g/mol. The fraction of sp³-hybridized carbons (Fsp3) is 0.303. The monoisotopic (exact) mass is 600 g/mol. The van der Waals surface area contributed by atoms with Crippen molar-refractivity contribution in [2.24, 2.45) is 0 Å². The van der Waals surface area contributed by atoms with Gasteiger partial charge in [-0.2, -0.15) is 0 Å². The molecule has 2 N–H and O–H groups in total. The second kappa shape index (κ2) is 12.5. The van der Waals surface area contributed by atoms with Gasteiger partial charge in [-0.05, 0) is 71.7 Å². The minimum atomic E-state index is -0.910. The average Bonchev–Trinajstić information content (AvgIpc) is 3.51. The van der Waals surface area contributed by atoms with E-state index in [9.17, 15) is 19.1 Å². The molecule has 2 aromatic heterocycles. The van der Waals surface area contributed by atoms with Crippen molar-refractivity contribution in [1.29, 1.82) is 0 Å². The summed E-state index contributed by atoms with van der Waals surface area (Å²) in [6, 6.07) is 18.1. The fourth-order valence-electron chi connectivity index (χ4n) is 5.77. The minimum absolute atomic E-state index is 0.153. The molecule has 2 aliphatic rings. The first-order chi connectivity index (χ1) is 20.9. The normalized spacial score (nSPS) is 16.3. The van der Waals surface area contributed by atoms with Gasteiger partial charge < -0.3 is 25.0 Å². The van der Waals surface area contributed by atoms with Crippen molar-refractivity contribution >= 4 is 44.9 Å². The van der Waals surface area contributed by atoms with Crippen LogP contribution in [0.15, 0.2) is 71.6 Å². The van der Waals surface area contributed by atoms with Crippen LogP contribution in [0.2, 0.25) is 0 Å². The quantitative estimate of drug-likeness (QED) is 0.268. The molecule has 0 spiro atoms. The van der Waals surface area contributed by atoms with Crippen LogP contribution >= 0.6 is 11.3 Å². The van der Waals surface area contributed by atoms with Crippen LogP contribution in [0.5, 0.6) is 0 Å². The number of carbonyl (C=O) groups excluding carboxylic acids is 1. The van der Waals surface area contributed by atoms with E-state index >= 15 is 0 Å². The Bertz CT molecular complexity index is 1650. The van der Waals surface area contributed by atoms with Gasteiger partial charge in [0.1, 0.15) is 11.6 Å². The highest BCUT2D eigenvalue weighted by atomic mass is 32.1. The smallest absolute Gasteiger partial charge is 0.407 e. The van der Waals surface area contributed by atoms with Crippen LogP contribution in [0.4, 0.5) is 15.0 Å². The number of morpholine rings is 1. The number of benzene rings is 2. The Kier molecular flexibility index (Phi) is 8.40. The summed E-state index contributed by atoms with van der Waals surface area (Å²) in [5.74, 6) is 0.326. The highest BCUT2D eigenvalue weighted by Gasteiger charge is 2.23. The number of aromatic nitrogens is 1. The number of anilines is 1. The van der Waals surface area contributed by atoms with Gasteiger partial charge in [0, 0.05) is 26.2 Å². The van der Waals surface area contributed by atoms with Gasteiger partial charge in [-0.1, -0.05) is 42.0 Å². The van der Waals surface area contributed by atoms with Gasteiger partial charge in [0.05, 0.1) is 35.0 Å². The highest BCUT2D eigenvalue weighted by Crippen LogP contribution is 2.34. The zero-order valence-electron chi connectivity index (χ0n) is 23.9. The van der Waals surface area contributed by atoms with Crippen molar-refractivity contribution in [3.8, 4) is 0 Å². The number of hydrogen-bond acceptors (Lipinski definition) is 6. The number of hydrogen-bond donors (Lipinski definition) is 2. The van der Waals surface area contributed by atoms with Gasteiger partial charge in [0.25, 0.3) is 5.91 Å². The first-order valence-corrected chi connectivity index (χ1v) is 15.3. The molecule has 0 saturated carbocycles. The number of piperidine rings is 1. The number of halogens is 1. The first-order valence-electron chi connectivity index (χ1n) is 14.5. The van der Waals surface area contributed by atoms with Crippen molar-refractivity contribution in [2.45, 2.75) is 25.8 Å². The Morgan fingerprint density at radius 2 is 1.63 bits per heavy atom. The van der Waals surface area contributed by atoms with E-state index in [4.69, 9.17) is 9.72 Å². The molecular formula is C33H33FN4O4S. The molecule has 4 heterocycles. The molecule has 2 fully saturated rings. The summed E-state index contributed by atoms with van der Waals surface area (Å²) in [6.45, 7) is 5.56. The van der Waals surface area contributed by atoms with E-state index in [-0.39, 0.29) is 17.8 Å². The summed E-state index contributed by atoms with van der Waals surface area (Å²) in [6.07, 6.45) is 0.317. The Balaban J connectivity index is 1.24. The van der Waals surface area contributed by atoms with E-state index in [1.807, 2.05) is 48.7 Å². The average molecular weight is 601 g/mol. The summed E-state index contributed by atoms with van der Waals surface area (Å²) < 4.78 is 20.1. The summed E-state index contributed by atoms with van der Waals surface area (Å²) in [5, 5.41) is 14.5. The Morgan fingerprint density at radius 1 is 0.977 bits per heavy atom. The van der Waals surface area contributed by atoms with Crippen molar-refractivity contribution < 1.29 is 23.8 Å². The van der Waals surface area contributed by atoms with Crippen LogP contribution < -0.4 is 10.2 Å². The molecule has 8 nitrogen and oxygen atoms in total. The zero-order valence-corrected chi connectivity index (χ0v) is 24.7. The van der Waals surface area contributed by atoms with E-state index in [0.717, 1.165) is 57.0 Å². The van der Waals surface area contributed by atoms with E-state index in [1.165, 1.54) is 28.4 Å². The number of fused-ring (bicyclic) bond motifs is 1. The van der Waals surface area contributed by atoms with Crippen LogP contribution in [0.1, 0.15) is 52.9 Å². The predicted molar refractivity (Wildman–Crippen MR) is 166 cm³/mol. The molecule has 2 aromatic carbocycles. The Labute approximate surface area is 253 Å². The summed E-state index contributed by atoms with van der Waals surface area (Å²) in [4.78, 5) is 33.4. The van der Waals surface area contributed by atoms with Crippen molar-refractivity contribution in [3.05, 3.63) is 99.7 Å². The molecule has 4 aromatic rings. The lowest BCUT2D eigenvalue weighted by atomic mass is 9.88. The van der Waals surface area contributed by atoms with Crippen molar-refractivity contribution in [2.75, 3.05) is 44.3 Å². The molecule has 0 aliphatic carbocycles. The molecule has 1 atom stereocenters. The van der Waals surface area contributed by atoms with Gasteiger partial charge in [-0.25, -0.2) is 14.2 Å². The third-order valence-electron chi connectivity index (χ3n) is 8.15. The van der Waals surface area contributed by atoms with E-state index in [1.54, 1.807) is 12.1 Å². The number of thiophene rings is 1. The maximum atomic E-state index is 13.8. The van der Waals surface area contributed by atoms with E-state index in [0.29, 0.717) is 44.7 Å². The number of amides is 2. The maximum Gasteiger partial charge on any atom is 0.407 e. The molecule has 6 rings (SSSR count). The maximum absolute atomic E-state index is 13.8. The van der Waals surface area contributed by atoms with Crippen LogP contribution in [-0.4, -0.2) is 66.4 Å². The molecule has 0 radical (unpaired) electrons. The van der Waals surface area contributed by atoms with Gasteiger partial charge in [-0.15, -0.1) is 11.3 Å². The van der Waals surface area contributed by atoms with Crippen LogP contribution in [0.25, 0.3) is 15.8 Å². The van der Waals surface area contributed by atoms with Crippen molar-refractivity contribution in [3.63, 3.8) is 0 Å². The van der Waals surface area contributed by atoms with Gasteiger partial charge >= 0.3 is 6.09 Å². The number of nitrogens with zero attached hydrogens (tertiary/aromatic N) is 3. The standard InChI is InChI=1S/C33H33FN4O4S/c1-21(35-32(39)27-20-29(37-15-17-42-18-16-37)36-28-12-19-43-31(27)28)22-2-4-23(5-3-22)30(24-6-8-26(34)9-7-24)25-10-13-38(14-11-25)33(40)41/h2-9,12,19-21H,10-11,13-18H2,1H3,(H,35,39)(H,40,41)/t21-/m1/s1. The molecule has 0 bridgehead atoms. The molecule has 43 heavy (non-hydrogen) atoms. The predicted octanol–water partition coefficient (Wildman–Crippen LogP) is 6.34. The van der Waals surface area contributed by atoms with Gasteiger partial charge in [-0.3, -0.25) is 4.79 Å². The zero-order chi connectivity index (χ0) is 29.9. The van der Waals surface area contributed by atoms with E-state index < -0.39 is 6.09 Å². The summed E-state index contributed by atoms with van der Waals surface area (Å²) in [5.41, 5.74) is 6.38. The van der Waals surface area contributed by atoms with Crippen molar-refractivity contribution in [1.82, 2.24) is 15.2 Å². The number of likely N-dealkylation sites (tertiary alicyclic amines) is 1. The lowest BCUT2D eigenvalue weighted by Gasteiger charge is -2.28. The third-order valence-corrected chi connectivity index (χ3v) is 9.09. The molecule has 10 heteroatoms. The Morgan fingerprint density at radius 3 is 2.28 bits per heavy atom. The second-order valence-corrected chi connectivity index (χ2v) is 11.8. The van der Waals surface area contributed by atoms with Crippen LogP contribution in [0, 0.1) is 5.82 Å². The van der Waals surface area contributed by atoms with Gasteiger partial charge in [0.15, 0.2) is 0 Å². The number of ether oxygens (including phenoxy) is 1. The van der Waals surface area contributed by atoms with Crippen LogP contribution in [0.3, 0.4) is 0 Å². The molecule has 2 aliphatic heterocycles.